The largest absolute Gasteiger partial charge is 0.458 e. The highest BCUT2D eigenvalue weighted by Gasteiger charge is 2.38. The summed E-state index contributed by atoms with van der Waals surface area (Å²) in [6, 6.07) is 23.2. The SMILES string of the molecule is C#Cc1ccc(C(C(=O)NC(Cc2ccccc2)C(=O)OC(C)(C)C)N(C#C)C(=O)C(Cc2ccccc2)NC(=O)OC(C)(C)C)cc1. The number of nitrogens with zero attached hydrogens (tertiary/aromatic N) is 1. The van der Waals surface area contributed by atoms with Crippen molar-refractivity contribution in [3.63, 3.8) is 0 Å². The van der Waals surface area contributed by atoms with Gasteiger partial charge in [-0.05, 0) is 70.4 Å². The lowest BCUT2D eigenvalue weighted by molar-refractivity contribution is -0.159. The number of nitrogens with one attached hydrogen (secondary N) is 2. The van der Waals surface area contributed by atoms with Crippen molar-refractivity contribution >= 4 is 23.9 Å². The van der Waals surface area contributed by atoms with Gasteiger partial charge in [0, 0.05) is 24.4 Å². The minimum atomic E-state index is -1.42. The van der Waals surface area contributed by atoms with E-state index in [9.17, 15) is 19.2 Å². The van der Waals surface area contributed by atoms with Crippen molar-refractivity contribution in [2.24, 2.45) is 0 Å². The molecule has 0 aliphatic carbocycles. The van der Waals surface area contributed by atoms with Crippen LogP contribution < -0.4 is 10.6 Å². The molecule has 0 aliphatic heterocycles. The van der Waals surface area contributed by atoms with E-state index in [-0.39, 0.29) is 12.8 Å². The van der Waals surface area contributed by atoms with Gasteiger partial charge in [-0.3, -0.25) is 14.5 Å². The van der Waals surface area contributed by atoms with Crippen molar-refractivity contribution in [1.82, 2.24) is 15.5 Å². The zero-order valence-corrected chi connectivity index (χ0v) is 28.3. The molecular formula is C39H43N3O6. The summed E-state index contributed by atoms with van der Waals surface area (Å²) in [6.45, 7) is 10.3. The number of esters is 1. The van der Waals surface area contributed by atoms with Crippen molar-refractivity contribution in [2.75, 3.05) is 0 Å². The van der Waals surface area contributed by atoms with Gasteiger partial charge in [-0.25, -0.2) is 9.59 Å². The van der Waals surface area contributed by atoms with Gasteiger partial charge in [0.15, 0.2) is 0 Å². The van der Waals surface area contributed by atoms with Crippen molar-refractivity contribution in [3.05, 3.63) is 107 Å². The zero-order chi connectivity index (χ0) is 35.5. The van der Waals surface area contributed by atoms with Crippen LogP contribution in [0.5, 0.6) is 0 Å². The first-order valence-corrected chi connectivity index (χ1v) is 15.6. The molecule has 0 saturated heterocycles. The number of carbonyl (C=O) groups is 4. The number of amides is 3. The van der Waals surface area contributed by atoms with E-state index in [4.69, 9.17) is 22.3 Å². The molecule has 0 heterocycles. The van der Waals surface area contributed by atoms with Crippen LogP contribution in [0, 0.1) is 24.8 Å². The summed E-state index contributed by atoms with van der Waals surface area (Å²) in [7, 11) is 0. The average Bonchev–Trinajstić information content (AvgIpc) is 3.02. The first-order chi connectivity index (χ1) is 22.6. The Morgan fingerprint density at radius 3 is 1.67 bits per heavy atom. The minimum absolute atomic E-state index is 0.0516. The maximum Gasteiger partial charge on any atom is 0.408 e. The highest BCUT2D eigenvalue weighted by atomic mass is 16.6. The number of terminal acetylenes is 2. The van der Waals surface area contributed by atoms with E-state index in [2.05, 4.69) is 22.6 Å². The molecular weight excluding hydrogens is 606 g/mol. The van der Waals surface area contributed by atoms with Gasteiger partial charge in [0.2, 0.25) is 5.91 Å². The molecule has 0 radical (unpaired) electrons. The van der Waals surface area contributed by atoms with Crippen LogP contribution in [0.2, 0.25) is 0 Å². The summed E-state index contributed by atoms with van der Waals surface area (Å²) in [5.74, 6) is 0.383. The summed E-state index contributed by atoms with van der Waals surface area (Å²) >= 11 is 0. The van der Waals surface area contributed by atoms with Gasteiger partial charge < -0.3 is 20.1 Å². The topological polar surface area (TPSA) is 114 Å². The second kappa shape index (κ2) is 16.3. The fourth-order valence-electron chi connectivity index (χ4n) is 4.78. The molecule has 0 fully saturated rings. The van der Waals surface area contributed by atoms with Gasteiger partial charge in [0.05, 0.1) is 0 Å². The van der Waals surface area contributed by atoms with Crippen molar-refractivity contribution in [3.8, 4) is 24.8 Å². The quantitative estimate of drug-likeness (QED) is 0.165. The van der Waals surface area contributed by atoms with Crippen molar-refractivity contribution in [1.29, 1.82) is 0 Å². The van der Waals surface area contributed by atoms with Gasteiger partial charge >= 0.3 is 12.1 Å². The fraction of sp³-hybridized carbons (Fsp3) is 0.333. The number of rotatable bonds is 11. The van der Waals surface area contributed by atoms with Gasteiger partial charge in [0.25, 0.3) is 5.91 Å². The van der Waals surface area contributed by atoms with Crippen LogP contribution >= 0.6 is 0 Å². The molecule has 3 amide bonds. The van der Waals surface area contributed by atoms with E-state index >= 15 is 0 Å². The van der Waals surface area contributed by atoms with Gasteiger partial charge in [-0.2, -0.15) is 0 Å². The molecule has 0 bridgehead atoms. The lowest BCUT2D eigenvalue weighted by Gasteiger charge is -2.32. The second-order valence-electron chi connectivity index (χ2n) is 13.2. The standard InChI is InChI=1S/C39H43N3O6/c1-9-27-21-23-30(24-22-27)33(34(43)40-32(36(45)47-38(3,4)5)26-29-19-15-12-16-20-29)42(10-2)35(44)31(25-28-17-13-11-14-18-28)41-37(46)48-39(6,7)8/h1-2,11-24,31-33H,25-26H2,3-8H3,(H,40,43)(H,41,46). The Morgan fingerprint density at radius 1 is 0.708 bits per heavy atom. The lowest BCUT2D eigenvalue weighted by Crippen LogP contribution is -2.54. The highest BCUT2D eigenvalue weighted by Crippen LogP contribution is 2.24. The predicted octanol–water partition coefficient (Wildman–Crippen LogP) is 5.33. The van der Waals surface area contributed by atoms with E-state index < -0.39 is 53.2 Å². The van der Waals surface area contributed by atoms with Crippen LogP contribution in [0.3, 0.4) is 0 Å². The number of ether oxygens (including phenoxy) is 2. The Bertz CT molecular complexity index is 1640. The number of benzene rings is 3. The van der Waals surface area contributed by atoms with Gasteiger partial charge in [-0.15, -0.1) is 6.42 Å². The summed E-state index contributed by atoms with van der Waals surface area (Å²) in [5.41, 5.74) is 0.707. The Labute approximate surface area is 283 Å². The molecule has 2 N–H and O–H groups in total. The summed E-state index contributed by atoms with van der Waals surface area (Å²) in [4.78, 5) is 55.9. The number of carbonyl (C=O) groups excluding carboxylic acids is 4. The summed E-state index contributed by atoms with van der Waals surface area (Å²) < 4.78 is 11.1. The molecule has 3 unspecified atom stereocenters. The Balaban J connectivity index is 2.06. The smallest absolute Gasteiger partial charge is 0.408 e. The van der Waals surface area contributed by atoms with Crippen LogP contribution in [0.1, 0.15) is 69.8 Å². The van der Waals surface area contributed by atoms with Crippen LogP contribution in [-0.4, -0.2) is 52.1 Å². The van der Waals surface area contributed by atoms with Crippen LogP contribution in [-0.2, 0) is 36.7 Å². The third-order valence-electron chi connectivity index (χ3n) is 6.84. The third kappa shape index (κ3) is 11.4. The molecule has 0 spiro atoms. The molecule has 9 nitrogen and oxygen atoms in total. The molecule has 3 rings (SSSR count). The molecule has 0 aromatic heterocycles. The highest BCUT2D eigenvalue weighted by molar-refractivity contribution is 5.95. The molecule has 0 aliphatic rings. The van der Waals surface area contributed by atoms with Crippen molar-refractivity contribution < 1.29 is 28.7 Å². The normalized spacial score (nSPS) is 13.0. The lowest BCUT2D eigenvalue weighted by atomic mass is 9.99. The monoisotopic (exact) mass is 649 g/mol. The van der Waals surface area contributed by atoms with E-state index in [1.165, 1.54) is 0 Å². The third-order valence-corrected chi connectivity index (χ3v) is 6.84. The summed E-state index contributed by atoms with van der Waals surface area (Å²) in [5, 5.41) is 5.43. The maximum atomic E-state index is 14.3. The Morgan fingerprint density at radius 2 is 1.21 bits per heavy atom. The van der Waals surface area contributed by atoms with Crippen molar-refractivity contribution in [2.45, 2.75) is 83.7 Å². The maximum absolute atomic E-state index is 14.3. The van der Waals surface area contributed by atoms with Crippen LogP contribution in [0.15, 0.2) is 84.9 Å². The van der Waals surface area contributed by atoms with Gasteiger partial charge in [-0.1, -0.05) is 85.1 Å². The molecule has 3 aromatic rings. The van der Waals surface area contributed by atoms with Crippen LogP contribution in [0.25, 0.3) is 0 Å². The van der Waals surface area contributed by atoms with E-state index in [1.807, 2.05) is 36.4 Å². The van der Waals surface area contributed by atoms with Gasteiger partial charge in [0.1, 0.15) is 29.3 Å². The average molecular weight is 650 g/mol. The molecule has 0 saturated carbocycles. The Kier molecular flexibility index (Phi) is 12.6. The molecule has 3 aromatic carbocycles. The zero-order valence-electron chi connectivity index (χ0n) is 28.3. The predicted molar refractivity (Wildman–Crippen MR) is 184 cm³/mol. The fourth-order valence-corrected chi connectivity index (χ4v) is 4.78. The number of hydrogen-bond donors (Lipinski definition) is 2. The summed E-state index contributed by atoms with van der Waals surface area (Å²) in [6.07, 6.45) is 10.9. The second-order valence-corrected chi connectivity index (χ2v) is 13.2. The number of alkyl carbamates (subject to hydrolysis) is 1. The molecule has 250 valence electrons. The van der Waals surface area contributed by atoms with E-state index in [0.29, 0.717) is 11.1 Å². The molecule has 48 heavy (non-hydrogen) atoms. The molecule has 3 atom stereocenters. The number of hydrogen-bond acceptors (Lipinski definition) is 6. The first-order valence-electron chi connectivity index (χ1n) is 15.6. The Hall–Kier alpha value is -5.54. The van der Waals surface area contributed by atoms with Crippen LogP contribution in [0.4, 0.5) is 4.79 Å². The van der Waals surface area contributed by atoms with E-state index in [0.717, 1.165) is 16.0 Å². The minimum Gasteiger partial charge on any atom is -0.458 e. The first kappa shape index (κ1) is 36.9. The van der Waals surface area contributed by atoms with E-state index in [1.54, 1.807) is 90.1 Å². The molecule has 9 heteroatoms.